The smallest absolute Gasteiger partial charge is 0.227 e. The van der Waals surface area contributed by atoms with Crippen LogP contribution in [0.25, 0.3) is 0 Å². The van der Waals surface area contributed by atoms with Gasteiger partial charge in [0.15, 0.2) is 0 Å². The van der Waals surface area contributed by atoms with Gasteiger partial charge in [-0.3, -0.25) is 4.79 Å². The van der Waals surface area contributed by atoms with Gasteiger partial charge in [-0.05, 0) is 56.9 Å². The summed E-state index contributed by atoms with van der Waals surface area (Å²) in [5, 5.41) is 6.32. The Labute approximate surface area is 148 Å². The number of ether oxygens (including phenoxy) is 1. The van der Waals surface area contributed by atoms with Crippen LogP contribution in [0, 0.1) is 26.7 Å². The third kappa shape index (κ3) is 4.37. The van der Waals surface area contributed by atoms with Crippen LogP contribution in [-0.2, 0) is 9.53 Å². The summed E-state index contributed by atoms with van der Waals surface area (Å²) in [5.41, 5.74) is 5.43. The lowest BCUT2D eigenvalue weighted by Gasteiger charge is -2.21. The van der Waals surface area contributed by atoms with Gasteiger partial charge in [0.1, 0.15) is 5.82 Å². The molecule has 0 atom stereocenters. The highest BCUT2D eigenvalue weighted by Gasteiger charge is 2.21. The van der Waals surface area contributed by atoms with Crippen LogP contribution < -0.4 is 10.6 Å². The normalized spacial score (nSPS) is 15.0. The number of hydrogen-bond acceptors (Lipinski definition) is 4. The molecule has 1 aromatic heterocycles. The SMILES string of the molecule is Cc1cc(C)c(Nc2ccc(NC(=O)C3CCOCC3)cn2)c(C)c1. The van der Waals surface area contributed by atoms with Crippen LogP contribution in [0.5, 0.6) is 0 Å². The first-order valence-electron chi connectivity index (χ1n) is 8.72. The van der Waals surface area contributed by atoms with Crippen molar-refractivity contribution in [1.29, 1.82) is 0 Å². The van der Waals surface area contributed by atoms with Gasteiger partial charge < -0.3 is 15.4 Å². The average molecular weight is 339 g/mol. The van der Waals surface area contributed by atoms with Crippen LogP contribution in [0.3, 0.4) is 0 Å². The van der Waals surface area contributed by atoms with E-state index in [2.05, 4.69) is 48.5 Å². The Morgan fingerprint density at radius 3 is 2.40 bits per heavy atom. The number of aryl methyl sites for hydroxylation is 3. The summed E-state index contributed by atoms with van der Waals surface area (Å²) in [6.07, 6.45) is 3.26. The van der Waals surface area contributed by atoms with E-state index in [1.807, 2.05) is 12.1 Å². The molecule has 2 heterocycles. The third-order valence-electron chi connectivity index (χ3n) is 4.55. The topological polar surface area (TPSA) is 63.2 Å². The number of rotatable bonds is 4. The quantitative estimate of drug-likeness (QED) is 0.880. The predicted octanol–water partition coefficient (Wildman–Crippen LogP) is 4.12. The van der Waals surface area contributed by atoms with E-state index in [0.717, 1.165) is 30.0 Å². The van der Waals surface area contributed by atoms with Crippen molar-refractivity contribution < 1.29 is 9.53 Å². The zero-order valence-corrected chi connectivity index (χ0v) is 15.1. The molecule has 3 rings (SSSR count). The van der Waals surface area contributed by atoms with E-state index >= 15 is 0 Å². The summed E-state index contributed by atoms with van der Waals surface area (Å²) < 4.78 is 5.30. The zero-order valence-electron chi connectivity index (χ0n) is 15.1. The molecule has 5 nitrogen and oxygen atoms in total. The van der Waals surface area contributed by atoms with Gasteiger partial charge in [0.2, 0.25) is 5.91 Å². The second kappa shape index (κ2) is 7.66. The highest BCUT2D eigenvalue weighted by Crippen LogP contribution is 2.25. The molecule has 1 amide bonds. The van der Waals surface area contributed by atoms with E-state index < -0.39 is 0 Å². The fraction of sp³-hybridized carbons (Fsp3) is 0.400. The Hall–Kier alpha value is -2.40. The van der Waals surface area contributed by atoms with Crippen molar-refractivity contribution in [2.24, 2.45) is 5.92 Å². The maximum Gasteiger partial charge on any atom is 0.227 e. The zero-order chi connectivity index (χ0) is 17.8. The molecule has 1 aliphatic heterocycles. The number of carbonyl (C=O) groups is 1. The van der Waals surface area contributed by atoms with Crippen molar-refractivity contribution in [3.05, 3.63) is 47.2 Å². The Morgan fingerprint density at radius 1 is 1.12 bits per heavy atom. The first-order chi connectivity index (χ1) is 12.0. The molecular formula is C20H25N3O2. The van der Waals surface area contributed by atoms with Crippen LogP contribution in [0.1, 0.15) is 29.5 Å². The van der Waals surface area contributed by atoms with Gasteiger partial charge in [-0.1, -0.05) is 17.7 Å². The second-order valence-corrected chi connectivity index (χ2v) is 6.71. The van der Waals surface area contributed by atoms with E-state index in [1.165, 1.54) is 16.7 Å². The fourth-order valence-corrected chi connectivity index (χ4v) is 3.25. The van der Waals surface area contributed by atoms with Gasteiger partial charge in [0.05, 0.1) is 11.9 Å². The van der Waals surface area contributed by atoms with Crippen molar-refractivity contribution in [2.75, 3.05) is 23.8 Å². The predicted molar refractivity (Wildman–Crippen MR) is 100 cm³/mol. The van der Waals surface area contributed by atoms with E-state index in [-0.39, 0.29) is 11.8 Å². The molecule has 132 valence electrons. The Morgan fingerprint density at radius 2 is 1.80 bits per heavy atom. The molecule has 5 heteroatoms. The number of carbonyl (C=O) groups excluding carboxylic acids is 1. The minimum absolute atomic E-state index is 0.0319. The summed E-state index contributed by atoms with van der Waals surface area (Å²) in [6.45, 7) is 7.59. The first kappa shape index (κ1) is 17.4. The number of aromatic nitrogens is 1. The van der Waals surface area contributed by atoms with Crippen LogP contribution in [0.15, 0.2) is 30.5 Å². The molecule has 1 saturated heterocycles. The first-order valence-corrected chi connectivity index (χ1v) is 8.72. The lowest BCUT2D eigenvalue weighted by Crippen LogP contribution is -2.28. The third-order valence-corrected chi connectivity index (χ3v) is 4.55. The summed E-state index contributed by atoms with van der Waals surface area (Å²) in [7, 11) is 0. The molecule has 0 saturated carbocycles. The van der Waals surface area contributed by atoms with Gasteiger partial charge in [-0.25, -0.2) is 4.98 Å². The lowest BCUT2D eigenvalue weighted by molar-refractivity contribution is -0.122. The molecule has 1 aromatic carbocycles. The molecule has 1 fully saturated rings. The Bertz CT molecular complexity index is 727. The highest BCUT2D eigenvalue weighted by molar-refractivity contribution is 5.92. The van der Waals surface area contributed by atoms with Gasteiger partial charge in [0.25, 0.3) is 0 Å². The molecule has 0 unspecified atom stereocenters. The molecular weight excluding hydrogens is 314 g/mol. The van der Waals surface area contributed by atoms with E-state index in [4.69, 9.17) is 4.74 Å². The van der Waals surface area contributed by atoms with Gasteiger partial charge in [-0.2, -0.15) is 0 Å². The van der Waals surface area contributed by atoms with Crippen LogP contribution in [0.4, 0.5) is 17.2 Å². The van der Waals surface area contributed by atoms with Gasteiger partial charge in [-0.15, -0.1) is 0 Å². The van der Waals surface area contributed by atoms with Crippen molar-refractivity contribution in [2.45, 2.75) is 33.6 Å². The number of pyridine rings is 1. The standard InChI is InChI=1S/C20H25N3O2/c1-13-10-14(2)19(15(3)11-13)23-18-5-4-17(12-21-18)22-20(24)16-6-8-25-9-7-16/h4-5,10-12,16H,6-9H2,1-3H3,(H,21,23)(H,22,24). The summed E-state index contributed by atoms with van der Waals surface area (Å²) in [6, 6.07) is 8.07. The molecule has 2 N–H and O–H groups in total. The number of nitrogens with zero attached hydrogens (tertiary/aromatic N) is 1. The summed E-state index contributed by atoms with van der Waals surface area (Å²) in [5.74, 6) is 0.847. The summed E-state index contributed by atoms with van der Waals surface area (Å²) in [4.78, 5) is 16.7. The van der Waals surface area contributed by atoms with Crippen LogP contribution >= 0.6 is 0 Å². The van der Waals surface area contributed by atoms with Crippen LogP contribution in [0.2, 0.25) is 0 Å². The lowest BCUT2D eigenvalue weighted by atomic mass is 9.99. The van der Waals surface area contributed by atoms with Crippen molar-refractivity contribution in [3.8, 4) is 0 Å². The monoisotopic (exact) mass is 339 g/mol. The van der Waals surface area contributed by atoms with Gasteiger partial charge in [0, 0.05) is 24.8 Å². The van der Waals surface area contributed by atoms with Crippen LogP contribution in [-0.4, -0.2) is 24.1 Å². The molecule has 0 aliphatic carbocycles. The number of amides is 1. The molecule has 0 radical (unpaired) electrons. The Balaban J connectivity index is 1.65. The van der Waals surface area contributed by atoms with E-state index in [0.29, 0.717) is 13.2 Å². The minimum Gasteiger partial charge on any atom is -0.381 e. The second-order valence-electron chi connectivity index (χ2n) is 6.71. The molecule has 0 spiro atoms. The van der Waals surface area contributed by atoms with E-state index in [9.17, 15) is 4.79 Å². The van der Waals surface area contributed by atoms with E-state index in [1.54, 1.807) is 6.20 Å². The highest BCUT2D eigenvalue weighted by atomic mass is 16.5. The molecule has 0 bridgehead atoms. The van der Waals surface area contributed by atoms with Crippen molar-refractivity contribution in [1.82, 2.24) is 4.98 Å². The van der Waals surface area contributed by atoms with Gasteiger partial charge >= 0.3 is 0 Å². The molecule has 25 heavy (non-hydrogen) atoms. The molecule has 1 aliphatic rings. The molecule has 2 aromatic rings. The number of hydrogen-bond donors (Lipinski definition) is 2. The van der Waals surface area contributed by atoms with Crippen molar-refractivity contribution in [3.63, 3.8) is 0 Å². The largest absolute Gasteiger partial charge is 0.381 e. The minimum atomic E-state index is 0.0319. The number of benzene rings is 1. The van der Waals surface area contributed by atoms with Crippen molar-refractivity contribution >= 4 is 23.1 Å². The maximum atomic E-state index is 12.3. The number of anilines is 3. The average Bonchev–Trinajstić information content (AvgIpc) is 2.60. The number of nitrogens with one attached hydrogen (secondary N) is 2. The fourth-order valence-electron chi connectivity index (χ4n) is 3.25. The summed E-state index contributed by atoms with van der Waals surface area (Å²) >= 11 is 0. The Kier molecular flexibility index (Phi) is 5.34. The maximum absolute atomic E-state index is 12.3.